The van der Waals surface area contributed by atoms with Gasteiger partial charge in [0.25, 0.3) is 0 Å². The molecule has 2 atom stereocenters. The minimum absolute atomic E-state index is 0.204. The molecule has 0 unspecified atom stereocenters. The molecule has 0 saturated carbocycles. The van der Waals surface area contributed by atoms with E-state index in [0.29, 0.717) is 13.0 Å². The molecule has 2 nitrogen and oxygen atoms in total. The van der Waals surface area contributed by atoms with Crippen molar-refractivity contribution in [1.82, 2.24) is 5.32 Å². The second kappa shape index (κ2) is 3.46. The maximum Gasteiger partial charge on any atom is 0.417 e. The minimum atomic E-state index is -4.52. The summed E-state index contributed by atoms with van der Waals surface area (Å²) in [6.45, 7) is 2.19. The molecule has 1 saturated heterocycles. The van der Waals surface area contributed by atoms with Gasteiger partial charge < -0.3 is 10.4 Å². The van der Waals surface area contributed by atoms with Crippen LogP contribution in [-0.4, -0.2) is 30.0 Å². The van der Waals surface area contributed by atoms with Gasteiger partial charge in [0.2, 0.25) is 0 Å². The van der Waals surface area contributed by atoms with E-state index in [4.69, 9.17) is 0 Å². The van der Waals surface area contributed by atoms with E-state index in [1.54, 1.807) is 0 Å². The molecule has 13 heavy (non-hydrogen) atoms. The van der Waals surface area contributed by atoms with E-state index in [9.17, 15) is 18.3 Å². The van der Waals surface area contributed by atoms with E-state index in [1.807, 2.05) is 0 Å². The smallest absolute Gasteiger partial charge is 0.380 e. The Balaban J connectivity index is 2.83. The Labute approximate surface area is 75.1 Å². The van der Waals surface area contributed by atoms with Crippen LogP contribution in [0.2, 0.25) is 0 Å². The molecule has 1 heterocycles. The monoisotopic (exact) mass is 197 g/mol. The van der Waals surface area contributed by atoms with Gasteiger partial charge in [0, 0.05) is 12.5 Å². The third-order valence-corrected chi connectivity index (χ3v) is 2.67. The van der Waals surface area contributed by atoms with Crippen LogP contribution in [0, 0.1) is 5.92 Å². The van der Waals surface area contributed by atoms with Crippen LogP contribution in [0.1, 0.15) is 19.8 Å². The highest BCUT2D eigenvalue weighted by Gasteiger charge is 2.56. The Kier molecular flexibility index (Phi) is 2.87. The molecule has 1 fully saturated rings. The Morgan fingerprint density at radius 1 is 1.46 bits per heavy atom. The SMILES string of the molecule is C[C@H]1CNCCC[C@]1(O)C(F)(F)F. The Morgan fingerprint density at radius 3 is 2.62 bits per heavy atom. The Morgan fingerprint density at radius 2 is 2.08 bits per heavy atom. The zero-order chi connectivity index (χ0) is 10.1. The van der Waals surface area contributed by atoms with Crippen LogP contribution in [0.3, 0.4) is 0 Å². The fraction of sp³-hybridized carbons (Fsp3) is 1.00. The maximum atomic E-state index is 12.5. The third kappa shape index (κ3) is 1.96. The molecule has 0 aromatic rings. The van der Waals surface area contributed by atoms with E-state index >= 15 is 0 Å². The van der Waals surface area contributed by atoms with Gasteiger partial charge in [-0.3, -0.25) is 0 Å². The lowest BCUT2D eigenvalue weighted by Crippen LogP contribution is -2.51. The van der Waals surface area contributed by atoms with Crippen molar-refractivity contribution in [1.29, 1.82) is 0 Å². The Hall–Kier alpha value is -0.290. The average molecular weight is 197 g/mol. The van der Waals surface area contributed by atoms with E-state index in [2.05, 4.69) is 5.32 Å². The summed E-state index contributed by atoms with van der Waals surface area (Å²) < 4.78 is 37.4. The molecule has 1 aliphatic rings. The van der Waals surface area contributed by atoms with E-state index in [1.165, 1.54) is 6.92 Å². The molecule has 0 spiro atoms. The first-order valence-corrected chi connectivity index (χ1v) is 4.38. The van der Waals surface area contributed by atoms with Gasteiger partial charge in [0.15, 0.2) is 5.60 Å². The van der Waals surface area contributed by atoms with Crippen molar-refractivity contribution in [3.63, 3.8) is 0 Å². The minimum Gasteiger partial charge on any atom is -0.380 e. The molecule has 0 aromatic heterocycles. The molecule has 2 N–H and O–H groups in total. The fourth-order valence-corrected chi connectivity index (χ4v) is 1.64. The second-order valence-electron chi connectivity index (χ2n) is 3.63. The van der Waals surface area contributed by atoms with Crippen LogP contribution < -0.4 is 5.32 Å². The standard InChI is InChI=1S/C8H14F3NO/c1-6-5-12-4-2-3-7(6,13)8(9,10)11/h6,12-13H,2-5H2,1H3/t6-,7+/m0/s1. The van der Waals surface area contributed by atoms with Gasteiger partial charge in [-0.2, -0.15) is 13.2 Å². The lowest BCUT2D eigenvalue weighted by molar-refractivity contribution is -0.278. The molecule has 78 valence electrons. The third-order valence-electron chi connectivity index (χ3n) is 2.67. The van der Waals surface area contributed by atoms with Crippen LogP contribution in [-0.2, 0) is 0 Å². The fourth-order valence-electron chi connectivity index (χ4n) is 1.64. The molecular formula is C8H14F3NO. The quantitative estimate of drug-likeness (QED) is 0.613. The summed E-state index contributed by atoms with van der Waals surface area (Å²) in [5, 5.41) is 12.4. The predicted molar refractivity (Wildman–Crippen MR) is 42.3 cm³/mol. The summed E-state index contributed by atoms with van der Waals surface area (Å²) in [6.07, 6.45) is -4.36. The molecule has 0 bridgehead atoms. The normalized spacial score (nSPS) is 37.2. The summed E-state index contributed by atoms with van der Waals surface area (Å²) >= 11 is 0. The topological polar surface area (TPSA) is 32.3 Å². The predicted octanol–water partition coefficient (Wildman–Crippen LogP) is 1.30. The van der Waals surface area contributed by atoms with Crippen molar-refractivity contribution in [2.24, 2.45) is 5.92 Å². The number of nitrogens with one attached hydrogen (secondary N) is 1. The van der Waals surface area contributed by atoms with Gasteiger partial charge in [0.05, 0.1) is 0 Å². The number of halogens is 3. The molecular weight excluding hydrogens is 183 g/mol. The number of hydrogen-bond acceptors (Lipinski definition) is 2. The molecule has 0 aromatic carbocycles. The van der Waals surface area contributed by atoms with Crippen LogP contribution in [0.5, 0.6) is 0 Å². The molecule has 0 radical (unpaired) electrons. The molecule has 1 rings (SSSR count). The van der Waals surface area contributed by atoms with E-state index in [0.717, 1.165) is 0 Å². The first kappa shape index (κ1) is 10.8. The summed E-state index contributed by atoms with van der Waals surface area (Å²) in [5.74, 6) is -0.782. The number of hydrogen-bond donors (Lipinski definition) is 2. The van der Waals surface area contributed by atoms with E-state index < -0.39 is 17.7 Å². The van der Waals surface area contributed by atoms with Gasteiger partial charge in [-0.05, 0) is 19.4 Å². The van der Waals surface area contributed by atoms with Gasteiger partial charge in [-0.25, -0.2) is 0 Å². The lowest BCUT2D eigenvalue weighted by atomic mass is 9.85. The summed E-state index contributed by atoms with van der Waals surface area (Å²) in [7, 11) is 0. The second-order valence-corrected chi connectivity index (χ2v) is 3.63. The van der Waals surface area contributed by atoms with Gasteiger partial charge >= 0.3 is 6.18 Å². The average Bonchev–Trinajstić information content (AvgIpc) is 2.14. The number of aliphatic hydroxyl groups is 1. The van der Waals surface area contributed by atoms with E-state index in [-0.39, 0.29) is 13.0 Å². The maximum absolute atomic E-state index is 12.5. The van der Waals surface area contributed by atoms with Crippen molar-refractivity contribution >= 4 is 0 Å². The van der Waals surface area contributed by atoms with Crippen molar-refractivity contribution in [2.75, 3.05) is 13.1 Å². The molecule has 1 aliphatic heterocycles. The van der Waals surface area contributed by atoms with Crippen LogP contribution in [0.15, 0.2) is 0 Å². The highest BCUT2D eigenvalue weighted by Crippen LogP contribution is 2.40. The highest BCUT2D eigenvalue weighted by molar-refractivity contribution is 4.93. The number of rotatable bonds is 0. The summed E-state index contributed by atoms with van der Waals surface area (Å²) in [4.78, 5) is 0. The van der Waals surface area contributed by atoms with Gasteiger partial charge in [-0.15, -0.1) is 0 Å². The zero-order valence-electron chi connectivity index (χ0n) is 7.49. The van der Waals surface area contributed by atoms with Gasteiger partial charge in [0.1, 0.15) is 0 Å². The zero-order valence-corrected chi connectivity index (χ0v) is 7.49. The summed E-state index contributed by atoms with van der Waals surface area (Å²) in [6, 6.07) is 0. The first-order chi connectivity index (χ1) is 5.88. The summed E-state index contributed by atoms with van der Waals surface area (Å²) in [5.41, 5.74) is -2.50. The van der Waals surface area contributed by atoms with Crippen molar-refractivity contribution in [3.8, 4) is 0 Å². The van der Waals surface area contributed by atoms with Gasteiger partial charge in [-0.1, -0.05) is 6.92 Å². The van der Waals surface area contributed by atoms with Crippen molar-refractivity contribution in [3.05, 3.63) is 0 Å². The molecule has 0 amide bonds. The molecule has 0 aliphatic carbocycles. The number of alkyl halides is 3. The molecule has 5 heteroatoms. The van der Waals surface area contributed by atoms with Crippen LogP contribution in [0.4, 0.5) is 13.2 Å². The lowest BCUT2D eigenvalue weighted by Gasteiger charge is -2.34. The van der Waals surface area contributed by atoms with Crippen LogP contribution >= 0.6 is 0 Å². The van der Waals surface area contributed by atoms with Crippen molar-refractivity contribution in [2.45, 2.75) is 31.5 Å². The Bertz CT molecular complexity index is 183. The first-order valence-electron chi connectivity index (χ1n) is 4.38. The largest absolute Gasteiger partial charge is 0.417 e. The van der Waals surface area contributed by atoms with Crippen molar-refractivity contribution < 1.29 is 18.3 Å². The van der Waals surface area contributed by atoms with Crippen LogP contribution in [0.25, 0.3) is 0 Å². The highest BCUT2D eigenvalue weighted by atomic mass is 19.4.